The lowest BCUT2D eigenvalue weighted by Gasteiger charge is -2.21. The molecule has 1 aromatic heterocycles. The third-order valence-corrected chi connectivity index (χ3v) is 4.33. The number of methoxy groups -OCH3 is 1. The number of aromatic nitrogens is 1. The van der Waals surface area contributed by atoms with Crippen molar-refractivity contribution in [3.05, 3.63) is 10.9 Å². The Labute approximate surface area is 123 Å². The Hall–Kier alpha value is -1.18. The molecule has 20 heavy (non-hydrogen) atoms. The standard InChI is InChI=1S/C13H22N4O2S/c1-16(13(18)11-9-20-15-12(11)14)7-10-3-4-17(8-10)5-6-19-2/h9-10H,3-8H2,1-2H3,(H2,14,15)/t10-/m1/s1. The number of hydrogen-bond donors (Lipinski definition) is 1. The fourth-order valence-corrected chi connectivity index (χ4v) is 3.16. The van der Waals surface area contributed by atoms with Crippen molar-refractivity contribution in [3.63, 3.8) is 0 Å². The average molecular weight is 298 g/mol. The van der Waals surface area contributed by atoms with Crippen LogP contribution >= 0.6 is 11.5 Å². The predicted octanol–water partition coefficient (Wildman–Crippen LogP) is 0.766. The first-order chi connectivity index (χ1) is 9.61. The van der Waals surface area contributed by atoms with E-state index in [1.807, 2.05) is 7.05 Å². The van der Waals surface area contributed by atoms with Crippen LogP contribution in [0.2, 0.25) is 0 Å². The van der Waals surface area contributed by atoms with Crippen molar-refractivity contribution in [3.8, 4) is 0 Å². The minimum atomic E-state index is -0.0356. The maximum absolute atomic E-state index is 12.2. The summed E-state index contributed by atoms with van der Waals surface area (Å²) in [6, 6.07) is 0. The minimum absolute atomic E-state index is 0.0356. The molecule has 7 heteroatoms. The van der Waals surface area contributed by atoms with Crippen LogP contribution in [0.5, 0.6) is 0 Å². The number of carbonyl (C=O) groups excluding carboxylic acids is 1. The zero-order valence-electron chi connectivity index (χ0n) is 12.0. The molecule has 1 aromatic rings. The van der Waals surface area contributed by atoms with Gasteiger partial charge in [0.2, 0.25) is 0 Å². The number of rotatable bonds is 6. The number of ether oxygens (including phenoxy) is 1. The van der Waals surface area contributed by atoms with E-state index in [2.05, 4.69) is 9.27 Å². The number of anilines is 1. The number of amides is 1. The van der Waals surface area contributed by atoms with Crippen molar-refractivity contribution in [2.75, 3.05) is 52.7 Å². The Morgan fingerprint density at radius 2 is 2.50 bits per heavy atom. The van der Waals surface area contributed by atoms with Crippen LogP contribution in [0.4, 0.5) is 5.82 Å². The van der Waals surface area contributed by atoms with Crippen LogP contribution in [0.3, 0.4) is 0 Å². The second kappa shape index (κ2) is 7.01. The molecule has 1 fully saturated rings. The highest BCUT2D eigenvalue weighted by Crippen LogP contribution is 2.19. The van der Waals surface area contributed by atoms with E-state index in [1.54, 1.807) is 17.4 Å². The maximum atomic E-state index is 12.2. The topological polar surface area (TPSA) is 71.7 Å². The van der Waals surface area contributed by atoms with E-state index in [4.69, 9.17) is 10.5 Å². The normalized spacial score (nSPS) is 19.4. The summed E-state index contributed by atoms with van der Waals surface area (Å²) in [5.74, 6) is 0.820. The maximum Gasteiger partial charge on any atom is 0.258 e. The summed E-state index contributed by atoms with van der Waals surface area (Å²) in [5.41, 5.74) is 6.21. The summed E-state index contributed by atoms with van der Waals surface area (Å²) in [5, 5.41) is 1.72. The lowest BCUT2D eigenvalue weighted by molar-refractivity contribution is 0.0773. The fraction of sp³-hybridized carbons (Fsp3) is 0.692. The van der Waals surface area contributed by atoms with Gasteiger partial charge in [0, 0.05) is 39.2 Å². The van der Waals surface area contributed by atoms with Crippen LogP contribution in [-0.4, -0.2) is 67.0 Å². The molecule has 0 bridgehead atoms. The molecule has 0 unspecified atom stereocenters. The molecule has 0 aliphatic carbocycles. The van der Waals surface area contributed by atoms with Crippen LogP contribution in [0.25, 0.3) is 0 Å². The van der Waals surface area contributed by atoms with Crippen molar-refractivity contribution < 1.29 is 9.53 Å². The number of carbonyl (C=O) groups is 1. The van der Waals surface area contributed by atoms with E-state index < -0.39 is 0 Å². The molecule has 0 spiro atoms. The molecule has 2 N–H and O–H groups in total. The highest BCUT2D eigenvalue weighted by atomic mass is 32.1. The lowest BCUT2D eigenvalue weighted by Crippen LogP contribution is -2.33. The van der Waals surface area contributed by atoms with Crippen molar-refractivity contribution in [1.82, 2.24) is 14.2 Å². The van der Waals surface area contributed by atoms with Gasteiger partial charge < -0.3 is 20.3 Å². The predicted molar refractivity (Wildman–Crippen MR) is 79.9 cm³/mol. The number of likely N-dealkylation sites (tertiary alicyclic amines) is 1. The highest BCUT2D eigenvalue weighted by Gasteiger charge is 2.25. The largest absolute Gasteiger partial charge is 0.383 e. The Kier molecular flexibility index (Phi) is 5.33. The van der Waals surface area contributed by atoms with Gasteiger partial charge in [-0.2, -0.15) is 4.37 Å². The van der Waals surface area contributed by atoms with E-state index in [0.29, 0.717) is 17.3 Å². The SMILES string of the molecule is COCCN1CC[C@H](CN(C)C(=O)c2csnc2N)C1. The van der Waals surface area contributed by atoms with Crippen LogP contribution < -0.4 is 5.73 Å². The van der Waals surface area contributed by atoms with Crippen LogP contribution in [0, 0.1) is 5.92 Å². The van der Waals surface area contributed by atoms with Gasteiger partial charge in [0.05, 0.1) is 12.2 Å². The third-order valence-electron chi connectivity index (χ3n) is 3.69. The first kappa shape index (κ1) is 15.2. The van der Waals surface area contributed by atoms with E-state index in [9.17, 15) is 4.79 Å². The van der Waals surface area contributed by atoms with Gasteiger partial charge >= 0.3 is 0 Å². The molecule has 1 amide bonds. The van der Waals surface area contributed by atoms with Gasteiger partial charge in [-0.25, -0.2) is 0 Å². The number of hydrogen-bond acceptors (Lipinski definition) is 6. The van der Waals surface area contributed by atoms with Crippen molar-refractivity contribution in [1.29, 1.82) is 0 Å². The van der Waals surface area contributed by atoms with Crippen LogP contribution in [0.1, 0.15) is 16.8 Å². The molecule has 1 aliphatic heterocycles. The third kappa shape index (κ3) is 3.68. The van der Waals surface area contributed by atoms with Gasteiger partial charge in [-0.15, -0.1) is 0 Å². The second-order valence-electron chi connectivity index (χ2n) is 5.25. The summed E-state index contributed by atoms with van der Waals surface area (Å²) in [6.07, 6.45) is 1.12. The zero-order chi connectivity index (χ0) is 14.5. The average Bonchev–Trinajstić information content (AvgIpc) is 3.04. The van der Waals surface area contributed by atoms with Gasteiger partial charge in [0.25, 0.3) is 5.91 Å². The molecule has 6 nitrogen and oxygen atoms in total. The van der Waals surface area contributed by atoms with Crippen molar-refractivity contribution in [2.45, 2.75) is 6.42 Å². The molecule has 1 aliphatic rings. The van der Waals surface area contributed by atoms with Gasteiger partial charge in [0.15, 0.2) is 0 Å². The van der Waals surface area contributed by atoms with Gasteiger partial charge in [-0.3, -0.25) is 4.79 Å². The first-order valence-electron chi connectivity index (χ1n) is 6.78. The number of nitrogens with two attached hydrogens (primary N) is 1. The molecule has 0 aromatic carbocycles. The molecule has 1 atom stereocenters. The molecule has 2 rings (SSSR count). The van der Waals surface area contributed by atoms with Crippen molar-refractivity contribution in [2.24, 2.45) is 5.92 Å². The minimum Gasteiger partial charge on any atom is -0.383 e. The molecule has 112 valence electrons. The summed E-state index contributed by atoms with van der Waals surface area (Å²) in [6.45, 7) is 4.60. The molecular weight excluding hydrogens is 276 g/mol. The summed E-state index contributed by atoms with van der Waals surface area (Å²) in [4.78, 5) is 16.4. The van der Waals surface area contributed by atoms with E-state index in [-0.39, 0.29) is 5.91 Å². The second-order valence-corrected chi connectivity index (χ2v) is 5.88. The zero-order valence-corrected chi connectivity index (χ0v) is 12.9. The number of nitrogen functional groups attached to an aromatic ring is 1. The van der Waals surface area contributed by atoms with E-state index in [1.165, 1.54) is 11.5 Å². The van der Waals surface area contributed by atoms with Gasteiger partial charge in [-0.05, 0) is 30.4 Å². The Bertz CT molecular complexity index is 451. The Morgan fingerprint density at radius 3 is 3.15 bits per heavy atom. The fourth-order valence-electron chi connectivity index (χ4n) is 2.57. The highest BCUT2D eigenvalue weighted by molar-refractivity contribution is 7.04. The molecule has 2 heterocycles. The van der Waals surface area contributed by atoms with Gasteiger partial charge in [0.1, 0.15) is 5.82 Å². The molecule has 0 saturated carbocycles. The Morgan fingerprint density at radius 1 is 1.70 bits per heavy atom. The Balaban J connectivity index is 1.82. The van der Waals surface area contributed by atoms with Gasteiger partial charge in [-0.1, -0.05) is 0 Å². The summed E-state index contributed by atoms with van der Waals surface area (Å²) in [7, 11) is 3.55. The molecule has 1 saturated heterocycles. The monoisotopic (exact) mass is 298 g/mol. The smallest absolute Gasteiger partial charge is 0.258 e. The number of nitrogens with zero attached hydrogens (tertiary/aromatic N) is 3. The lowest BCUT2D eigenvalue weighted by atomic mass is 10.1. The summed E-state index contributed by atoms with van der Waals surface area (Å²) >= 11 is 1.22. The van der Waals surface area contributed by atoms with E-state index in [0.717, 1.165) is 39.2 Å². The van der Waals surface area contributed by atoms with Crippen molar-refractivity contribution >= 4 is 23.3 Å². The molecular formula is C13H22N4O2S. The van der Waals surface area contributed by atoms with E-state index >= 15 is 0 Å². The van der Waals surface area contributed by atoms with Crippen LogP contribution in [-0.2, 0) is 4.74 Å². The quantitative estimate of drug-likeness (QED) is 0.840. The van der Waals surface area contributed by atoms with Crippen LogP contribution in [0.15, 0.2) is 5.38 Å². The summed E-state index contributed by atoms with van der Waals surface area (Å²) < 4.78 is 9.04. The first-order valence-corrected chi connectivity index (χ1v) is 7.62. The molecule has 0 radical (unpaired) electrons.